The van der Waals surface area contributed by atoms with Crippen molar-refractivity contribution in [1.82, 2.24) is 0 Å². The summed E-state index contributed by atoms with van der Waals surface area (Å²) in [5, 5.41) is 3.40. The Morgan fingerprint density at radius 1 is 1.45 bits per heavy atom. The summed E-state index contributed by atoms with van der Waals surface area (Å²) in [5.74, 6) is 0. The van der Waals surface area contributed by atoms with E-state index < -0.39 is 9.28 Å². The molecule has 6 heteroatoms. The second kappa shape index (κ2) is 7.55. The standard InChI is InChI=1S/C5H12N3O2Si/c1-9-11(10-2)5-3-4-7-8-6/h3-5H2,1-2H3. The number of azide groups is 1. The van der Waals surface area contributed by atoms with Crippen molar-refractivity contribution in [2.24, 2.45) is 5.11 Å². The van der Waals surface area contributed by atoms with Crippen molar-refractivity contribution < 1.29 is 8.85 Å². The molecule has 0 aliphatic carbocycles. The lowest BCUT2D eigenvalue weighted by Gasteiger charge is -2.06. The van der Waals surface area contributed by atoms with Crippen LogP contribution in [-0.4, -0.2) is 30.0 Å². The molecule has 5 nitrogen and oxygen atoms in total. The quantitative estimate of drug-likeness (QED) is 0.201. The lowest BCUT2D eigenvalue weighted by molar-refractivity contribution is 0.277. The third-order valence-corrected chi connectivity index (χ3v) is 2.83. The van der Waals surface area contributed by atoms with Gasteiger partial charge in [0.15, 0.2) is 0 Å². The van der Waals surface area contributed by atoms with Crippen LogP contribution in [0.3, 0.4) is 0 Å². The average Bonchev–Trinajstić information content (AvgIpc) is 2.05. The molecule has 0 saturated carbocycles. The molecule has 0 aromatic carbocycles. The second-order valence-electron chi connectivity index (χ2n) is 1.84. The molecule has 0 spiro atoms. The fraction of sp³-hybridized carbons (Fsp3) is 1.00. The van der Waals surface area contributed by atoms with Crippen molar-refractivity contribution in [2.75, 3.05) is 20.8 Å². The van der Waals surface area contributed by atoms with E-state index in [-0.39, 0.29) is 0 Å². The zero-order chi connectivity index (χ0) is 8.53. The fourth-order valence-corrected chi connectivity index (χ4v) is 1.65. The third-order valence-electron chi connectivity index (χ3n) is 1.16. The largest absolute Gasteiger partial charge is 0.397 e. The van der Waals surface area contributed by atoms with E-state index in [0.717, 1.165) is 12.5 Å². The van der Waals surface area contributed by atoms with Crippen LogP contribution in [0.1, 0.15) is 6.42 Å². The van der Waals surface area contributed by atoms with Crippen molar-refractivity contribution in [3.8, 4) is 0 Å². The lowest BCUT2D eigenvalue weighted by atomic mass is 10.5. The third kappa shape index (κ3) is 5.87. The minimum absolute atomic E-state index is 0.525. The summed E-state index contributed by atoms with van der Waals surface area (Å²) in [6, 6.07) is 0.858. The van der Waals surface area contributed by atoms with Crippen LogP contribution in [0.4, 0.5) is 0 Å². The average molecular weight is 174 g/mol. The summed E-state index contributed by atoms with van der Waals surface area (Å²) in [6.07, 6.45) is 0.833. The maximum Gasteiger partial charge on any atom is 0.384 e. The summed E-state index contributed by atoms with van der Waals surface area (Å²) in [7, 11) is 2.17. The maximum atomic E-state index is 7.95. The molecule has 11 heavy (non-hydrogen) atoms. The Kier molecular flexibility index (Phi) is 7.17. The van der Waals surface area contributed by atoms with E-state index in [2.05, 4.69) is 10.0 Å². The van der Waals surface area contributed by atoms with Crippen LogP contribution >= 0.6 is 0 Å². The van der Waals surface area contributed by atoms with E-state index in [4.69, 9.17) is 14.4 Å². The summed E-state index contributed by atoms with van der Waals surface area (Å²) < 4.78 is 10.0. The van der Waals surface area contributed by atoms with Gasteiger partial charge in [0, 0.05) is 25.7 Å². The van der Waals surface area contributed by atoms with Crippen LogP contribution < -0.4 is 0 Å². The zero-order valence-corrected chi connectivity index (χ0v) is 7.78. The highest BCUT2D eigenvalue weighted by Gasteiger charge is 2.09. The van der Waals surface area contributed by atoms with Gasteiger partial charge in [-0.1, -0.05) is 5.11 Å². The smallest absolute Gasteiger partial charge is 0.384 e. The predicted octanol–water partition coefficient (Wildman–Crippen LogP) is 1.47. The van der Waals surface area contributed by atoms with Gasteiger partial charge in [-0.2, -0.15) is 0 Å². The first-order valence-electron chi connectivity index (χ1n) is 3.29. The highest BCUT2D eigenvalue weighted by Crippen LogP contribution is 1.99. The Morgan fingerprint density at radius 2 is 2.09 bits per heavy atom. The lowest BCUT2D eigenvalue weighted by Crippen LogP contribution is -2.18. The second-order valence-corrected chi connectivity index (χ2v) is 3.90. The molecular formula is C5H12N3O2Si. The SMILES string of the molecule is CO[Si](CCCN=[N+]=[N-])OC. The number of hydrogen-bond acceptors (Lipinski definition) is 3. The van der Waals surface area contributed by atoms with Gasteiger partial charge in [-0.05, 0) is 18.0 Å². The van der Waals surface area contributed by atoms with E-state index in [1.807, 2.05) is 0 Å². The number of rotatable bonds is 6. The molecule has 0 fully saturated rings. The minimum atomic E-state index is -1.09. The molecule has 0 atom stereocenters. The van der Waals surface area contributed by atoms with Crippen LogP contribution in [0.2, 0.25) is 6.04 Å². The van der Waals surface area contributed by atoms with Gasteiger partial charge in [-0.25, -0.2) is 0 Å². The van der Waals surface area contributed by atoms with Gasteiger partial charge >= 0.3 is 9.28 Å². The van der Waals surface area contributed by atoms with Gasteiger partial charge in [0.2, 0.25) is 0 Å². The Morgan fingerprint density at radius 3 is 2.55 bits per heavy atom. The maximum absolute atomic E-state index is 7.95. The monoisotopic (exact) mass is 174 g/mol. The molecule has 0 aromatic heterocycles. The highest BCUT2D eigenvalue weighted by molar-refractivity contribution is 6.44. The van der Waals surface area contributed by atoms with E-state index in [1.165, 1.54) is 0 Å². The van der Waals surface area contributed by atoms with Crippen LogP contribution in [0.5, 0.6) is 0 Å². The topological polar surface area (TPSA) is 67.2 Å². The molecule has 1 radical (unpaired) electrons. The van der Waals surface area contributed by atoms with E-state index in [0.29, 0.717) is 6.54 Å². The molecule has 0 bridgehead atoms. The van der Waals surface area contributed by atoms with E-state index in [1.54, 1.807) is 14.2 Å². The molecule has 0 rings (SSSR count). The van der Waals surface area contributed by atoms with Crippen molar-refractivity contribution in [1.29, 1.82) is 0 Å². The Labute approximate surface area is 67.8 Å². The molecule has 0 saturated heterocycles. The zero-order valence-electron chi connectivity index (χ0n) is 6.78. The fourth-order valence-electron chi connectivity index (χ4n) is 0.626. The normalized spacial score (nSPS) is 9.73. The molecule has 0 heterocycles. The Hall–Kier alpha value is -0.553. The first-order chi connectivity index (χ1) is 5.35. The van der Waals surface area contributed by atoms with Crippen LogP contribution in [0.25, 0.3) is 10.4 Å². The predicted molar refractivity (Wildman–Crippen MR) is 43.2 cm³/mol. The van der Waals surface area contributed by atoms with Crippen LogP contribution in [0.15, 0.2) is 5.11 Å². The van der Waals surface area contributed by atoms with Crippen molar-refractivity contribution >= 4 is 9.28 Å². The molecule has 0 aromatic rings. The highest BCUT2D eigenvalue weighted by atomic mass is 28.3. The van der Waals surface area contributed by atoms with Gasteiger partial charge < -0.3 is 8.85 Å². The summed E-state index contributed by atoms with van der Waals surface area (Å²) >= 11 is 0. The summed E-state index contributed by atoms with van der Waals surface area (Å²) in [4.78, 5) is 2.64. The minimum Gasteiger partial charge on any atom is -0.397 e. The number of hydrogen-bond donors (Lipinski definition) is 0. The number of nitrogens with zero attached hydrogens (tertiary/aromatic N) is 3. The van der Waals surface area contributed by atoms with Crippen LogP contribution in [-0.2, 0) is 8.85 Å². The van der Waals surface area contributed by atoms with Crippen molar-refractivity contribution in [3.63, 3.8) is 0 Å². The van der Waals surface area contributed by atoms with Crippen molar-refractivity contribution in [2.45, 2.75) is 12.5 Å². The van der Waals surface area contributed by atoms with Gasteiger partial charge in [-0.3, -0.25) is 0 Å². The van der Waals surface area contributed by atoms with Gasteiger partial charge in [0.05, 0.1) is 0 Å². The van der Waals surface area contributed by atoms with E-state index in [9.17, 15) is 0 Å². The molecule has 0 aliphatic rings. The summed E-state index contributed by atoms with van der Waals surface area (Å²) in [5.41, 5.74) is 7.95. The molecule has 0 aliphatic heterocycles. The van der Waals surface area contributed by atoms with Crippen molar-refractivity contribution in [3.05, 3.63) is 10.4 Å². The molecule has 0 unspecified atom stereocenters. The Balaban J connectivity index is 3.27. The first kappa shape index (κ1) is 10.4. The van der Waals surface area contributed by atoms with Gasteiger partial charge in [0.25, 0.3) is 0 Å². The van der Waals surface area contributed by atoms with Crippen LogP contribution in [0, 0.1) is 0 Å². The van der Waals surface area contributed by atoms with E-state index >= 15 is 0 Å². The Bertz CT molecular complexity index is 134. The molecule has 0 amide bonds. The molecule has 63 valence electrons. The first-order valence-corrected chi connectivity index (χ1v) is 4.82. The summed E-state index contributed by atoms with van der Waals surface area (Å²) in [6.45, 7) is 0.525. The van der Waals surface area contributed by atoms with Gasteiger partial charge in [-0.15, -0.1) is 0 Å². The molecular weight excluding hydrogens is 162 g/mol. The molecule has 0 N–H and O–H groups in total. The van der Waals surface area contributed by atoms with Gasteiger partial charge in [0.1, 0.15) is 0 Å².